The van der Waals surface area contributed by atoms with Crippen LogP contribution in [0.3, 0.4) is 0 Å². The van der Waals surface area contributed by atoms with Crippen molar-refractivity contribution in [1.29, 1.82) is 0 Å². The summed E-state index contributed by atoms with van der Waals surface area (Å²) in [7, 11) is 0. The quantitative estimate of drug-likeness (QED) is 0.500. The number of aryl methyl sites for hydroxylation is 2. The van der Waals surface area contributed by atoms with E-state index in [2.05, 4.69) is 90.4 Å². The van der Waals surface area contributed by atoms with Gasteiger partial charge in [0.15, 0.2) is 0 Å². The summed E-state index contributed by atoms with van der Waals surface area (Å²) in [5.74, 6) is 0.138. The van der Waals surface area contributed by atoms with Gasteiger partial charge in [-0.25, -0.2) is 0 Å². The van der Waals surface area contributed by atoms with Crippen LogP contribution in [-0.4, -0.2) is 48.4 Å². The molecule has 3 aromatic carbocycles. The number of benzene rings is 3. The molecule has 0 atom stereocenters. The van der Waals surface area contributed by atoms with Crippen LogP contribution in [0, 0.1) is 13.8 Å². The normalized spacial score (nSPS) is 16.3. The zero-order chi connectivity index (χ0) is 23.5. The maximum absolute atomic E-state index is 13.3. The van der Waals surface area contributed by atoms with Crippen LogP contribution >= 0.6 is 0 Å². The molecule has 0 bridgehead atoms. The van der Waals surface area contributed by atoms with Gasteiger partial charge < -0.3 is 9.80 Å². The number of carbonyl (C=O) groups is 1. The smallest absolute Gasteiger partial charge is 0.253 e. The molecule has 4 nitrogen and oxygen atoms in total. The second-order valence-corrected chi connectivity index (χ2v) is 9.47. The molecular formula is C30H33N3O. The van der Waals surface area contributed by atoms with Crippen LogP contribution in [0.2, 0.25) is 0 Å². The fourth-order valence-electron chi connectivity index (χ4n) is 5.01. The average molecular weight is 452 g/mol. The molecule has 0 aromatic heterocycles. The third kappa shape index (κ3) is 4.78. The lowest BCUT2D eigenvalue weighted by molar-refractivity contribution is 0.0761. The van der Waals surface area contributed by atoms with Crippen molar-refractivity contribution in [3.05, 3.63) is 101 Å². The Balaban J connectivity index is 1.24. The minimum absolute atomic E-state index is 0.138. The second kappa shape index (κ2) is 9.86. The SMILES string of the molecule is Cc1ccc(C)c(CN2CCCN(C(=O)c3ccc(N4CC=Cc5ccccc54)cc3)CC2)c1. The largest absolute Gasteiger partial charge is 0.337 e. The summed E-state index contributed by atoms with van der Waals surface area (Å²) in [4.78, 5) is 20.1. The number of fused-ring (bicyclic) bond motifs is 1. The molecule has 4 heteroatoms. The van der Waals surface area contributed by atoms with Crippen molar-refractivity contribution in [2.24, 2.45) is 0 Å². The zero-order valence-electron chi connectivity index (χ0n) is 20.2. The molecule has 3 aromatic rings. The van der Waals surface area contributed by atoms with Gasteiger partial charge in [-0.1, -0.05) is 54.1 Å². The van der Waals surface area contributed by atoms with E-state index < -0.39 is 0 Å². The van der Waals surface area contributed by atoms with Crippen LogP contribution < -0.4 is 4.90 Å². The number of rotatable bonds is 4. The Bertz CT molecular complexity index is 1200. The Hall–Kier alpha value is -3.37. The van der Waals surface area contributed by atoms with Crippen molar-refractivity contribution >= 4 is 23.4 Å². The van der Waals surface area contributed by atoms with Crippen LogP contribution in [0.25, 0.3) is 6.08 Å². The van der Waals surface area contributed by atoms with Gasteiger partial charge in [0.25, 0.3) is 5.91 Å². The third-order valence-corrected chi connectivity index (χ3v) is 7.01. The summed E-state index contributed by atoms with van der Waals surface area (Å²) in [5.41, 5.74) is 8.36. The van der Waals surface area contributed by atoms with Gasteiger partial charge in [-0.2, -0.15) is 0 Å². The van der Waals surface area contributed by atoms with Crippen molar-refractivity contribution in [3.8, 4) is 0 Å². The molecule has 2 aliphatic rings. The van der Waals surface area contributed by atoms with Gasteiger partial charge in [-0.15, -0.1) is 0 Å². The number of anilines is 2. The van der Waals surface area contributed by atoms with Gasteiger partial charge >= 0.3 is 0 Å². The maximum atomic E-state index is 13.3. The van der Waals surface area contributed by atoms with Crippen molar-refractivity contribution in [2.45, 2.75) is 26.8 Å². The van der Waals surface area contributed by atoms with Crippen LogP contribution in [0.4, 0.5) is 11.4 Å². The standard InChI is InChI=1S/C30H33N3O/c1-23-10-11-24(2)27(21-23)22-31-16-6-17-32(20-19-31)30(34)26-12-14-28(15-13-26)33-18-5-8-25-7-3-4-9-29(25)33/h3-5,7-15,21H,6,16-20,22H2,1-2H3. The topological polar surface area (TPSA) is 26.8 Å². The highest BCUT2D eigenvalue weighted by molar-refractivity contribution is 5.94. The minimum atomic E-state index is 0.138. The van der Waals surface area contributed by atoms with E-state index in [1.165, 1.54) is 27.9 Å². The average Bonchev–Trinajstić information content (AvgIpc) is 3.11. The lowest BCUT2D eigenvalue weighted by atomic mass is 10.1. The monoisotopic (exact) mass is 451 g/mol. The Morgan fingerprint density at radius 1 is 0.882 bits per heavy atom. The minimum Gasteiger partial charge on any atom is -0.337 e. The molecular weight excluding hydrogens is 418 g/mol. The molecule has 5 rings (SSSR count). The fraction of sp³-hybridized carbons (Fsp3) is 0.300. The zero-order valence-corrected chi connectivity index (χ0v) is 20.2. The van der Waals surface area contributed by atoms with Crippen molar-refractivity contribution in [1.82, 2.24) is 9.80 Å². The first kappa shape index (κ1) is 22.4. The molecule has 0 aliphatic carbocycles. The molecule has 0 unspecified atom stereocenters. The van der Waals surface area contributed by atoms with Crippen molar-refractivity contribution in [2.75, 3.05) is 37.6 Å². The van der Waals surface area contributed by atoms with Crippen molar-refractivity contribution in [3.63, 3.8) is 0 Å². The predicted octanol–water partition coefficient (Wildman–Crippen LogP) is 5.82. The van der Waals surface area contributed by atoms with Crippen LogP contribution in [-0.2, 0) is 6.54 Å². The van der Waals surface area contributed by atoms with Crippen LogP contribution in [0.15, 0.2) is 72.8 Å². The molecule has 2 aliphatic heterocycles. The summed E-state index contributed by atoms with van der Waals surface area (Å²) in [6.45, 7) is 9.65. The first-order valence-corrected chi connectivity index (χ1v) is 12.3. The van der Waals surface area contributed by atoms with Gasteiger partial charge in [-0.05, 0) is 67.3 Å². The summed E-state index contributed by atoms with van der Waals surface area (Å²) < 4.78 is 0. The predicted molar refractivity (Wildman–Crippen MR) is 141 cm³/mol. The molecule has 0 radical (unpaired) electrons. The number of nitrogens with zero attached hydrogens (tertiary/aromatic N) is 3. The van der Waals surface area contributed by atoms with Crippen molar-refractivity contribution < 1.29 is 4.79 Å². The Morgan fingerprint density at radius 3 is 2.56 bits per heavy atom. The third-order valence-electron chi connectivity index (χ3n) is 7.01. The molecule has 0 spiro atoms. The number of amides is 1. The number of para-hydroxylation sites is 1. The van der Waals surface area contributed by atoms with Gasteiger partial charge in [0.05, 0.1) is 0 Å². The molecule has 1 amide bonds. The van der Waals surface area contributed by atoms with E-state index in [0.717, 1.165) is 56.9 Å². The maximum Gasteiger partial charge on any atom is 0.253 e. The van der Waals surface area contributed by atoms with E-state index in [-0.39, 0.29) is 5.91 Å². The van der Waals surface area contributed by atoms with Gasteiger partial charge in [0.1, 0.15) is 0 Å². The lowest BCUT2D eigenvalue weighted by Crippen LogP contribution is -2.35. The van der Waals surface area contributed by atoms with Gasteiger partial charge in [-0.3, -0.25) is 9.69 Å². The Kier molecular flexibility index (Phi) is 6.50. The molecule has 0 saturated carbocycles. The van der Waals surface area contributed by atoms with E-state index in [9.17, 15) is 4.79 Å². The van der Waals surface area contributed by atoms with Crippen LogP contribution in [0.1, 0.15) is 39.0 Å². The molecule has 0 N–H and O–H groups in total. The molecule has 1 saturated heterocycles. The number of hydrogen-bond donors (Lipinski definition) is 0. The van der Waals surface area contributed by atoms with Gasteiger partial charge in [0, 0.05) is 56.2 Å². The molecule has 174 valence electrons. The summed E-state index contributed by atoms with van der Waals surface area (Å²) in [5, 5.41) is 0. The highest BCUT2D eigenvalue weighted by Crippen LogP contribution is 2.32. The van der Waals surface area contributed by atoms with E-state index in [1.54, 1.807) is 0 Å². The Labute approximate surface area is 203 Å². The lowest BCUT2D eigenvalue weighted by Gasteiger charge is -2.28. The van der Waals surface area contributed by atoms with E-state index in [1.807, 2.05) is 17.0 Å². The summed E-state index contributed by atoms with van der Waals surface area (Å²) >= 11 is 0. The highest BCUT2D eigenvalue weighted by Gasteiger charge is 2.21. The first-order chi connectivity index (χ1) is 16.6. The fourth-order valence-corrected chi connectivity index (χ4v) is 5.01. The molecule has 2 heterocycles. The number of hydrogen-bond acceptors (Lipinski definition) is 3. The number of carbonyl (C=O) groups excluding carboxylic acids is 1. The highest BCUT2D eigenvalue weighted by atomic mass is 16.2. The first-order valence-electron chi connectivity index (χ1n) is 12.3. The summed E-state index contributed by atoms with van der Waals surface area (Å²) in [6.07, 6.45) is 5.36. The van der Waals surface area contributed by atoms with E-state index >= 15 is 0 Å². The summed E-state index contributed by atoms with van der Waals surface area (Å²) in [6, 6.07) is 23.2. The van der Waals surface area contributed by atoms with Gasteiger partial charge in [0.2, 0.25) is 0 Å². The van der Waals surface area contributed by atoms with E-state index in [4.69, 9.17) is 0 Å². The van der Waals surface area contributed by atoms with Crippen LogP contribution in [0.5, 0.6) is 0 Å². The molecule has 1 fully saturated rings. The second-order valence-electron chi connectivity index (χ2n) is 9.47. The Morgan fingerprint density at radius 2 is 1.71 bits per heavy atom. The van der Waals surface area contributed by atoms with E-state index in [0.29, 0.717) is 0 Å². The molecule has 34 heavy (non-hydrogen) atoms.